The summed E-state index contributed by atoms with van der Waals surface area (Å²) in [6.07, 6.45) is 0.612. The molecule has 1 spiro atoms. The van der Waals surface area contributed by atoms with E-state index in [-0.39, 0.29) is 43.1 Å². The van der Waals surface area contributed by atoms with Crippen molar-refractivity contribution in [2.24, 2.45) is 0 Å². The van der Waals surface area contributed by atoms with E-state index < -0.39 is 23.5 Å². The third kappa shape index (κ3) is 4.86. The Balaban J connectivity index is 1.58. The molecular formula is C26H30FN3O5. The number of rotatable bonds is 5. The van der Waals surface area contributed by atoms with Gasteiger partial charge >= 0.3 is 0 Å². The van der Waals surface area contributed by atoms with E-state index in [0.29, 0.717) is 24.2 Å². The first kappa shape index (κ1) is 24.7. The molecule has 35 heavy (non-hydrogen) atoms. The predicted octanol–water partition coefficient (Wildman–Crippen LogP) is 2.83. The molecule has 1 N–H and O–H groups in total. The largest absolute Gasteiger partial charge is 0.497 e. The lowest BCUT2D eigenvalue weighted by Gasteiger charge is -2.44. The summed E-state index contributed by atoms with van der Waals surface area (Å²) in [4.78, 5) is 42.7. The number of nitrogens with one attached hydrogen (secondary N) is 1. The van der Waals surface area contributed by atoms with E-state index in [4.69, 9.17) is 9.47 Å². The van der Waals surface area contributed by atoms with E-state index in [1.54, 1.807) is 42.3 Å². The Morgan fingerprint density at radius 2 is 1.71 bits per heavy atom. The van der Waals surface area contributed by atoms with Crippen LogP contribution in [0.5, 0.6) is 5.75 Å². The second kappa shape index (κ2) is 10.0. The van der Waals surface area contributed by atoms with Crippen LogP contribution in [0, 0.1) is 5.82 Å². The lowest BCUT2D eigenvalue weighted by molar-refractivity contribution is -0.128. The number of ether oxygens (including phenoxy) is 2. The molecule has 1 atom stereocenters. The fourth-order valence-electron chi connectivity index (χ4n) is 4.68. The predicted molar refractivity (Wildman–Crippen MR) is 126 cm³/mol. The van der Waals surface area contributed by atoms with E-state index in [0.717, 1.165) is 0 Å². The van der Waals surface area contributed by atoms with Gasteiger partial charge in [-0.1, -0.05) is 12.1 Å². The molecule has 3 amide bonds. The van der Waals surface area contributed by atoms with Crippen molar-refractivity contribution in [3.05, 3.63) is 65.5 Å². The molecule has 4 rings (SSSR count). The number of carbonyl (C=O) groups excluding carboxylic acids is 3. The number of methoxy groups -OCH3 is 1. The smallest absolute Gasteiger partial charge is 0.256 e. The number of likely N-dealkylation sites (tertiary alicyclic amines) is 1. The molecule has 2 aromatic rings. The van der Waals surface area contributed by atoms with Crippen molar-refractivity contribution in [3.8, 4) is 5.75 Å². The second-order valence-electron chi connectivity index (χ2n) is 9.11. The standard InChI is InChI=1S/C26H30FN3O5/c1-17(2)28-23(31)22-16-35-26(30(22)24(32)18-8-10-19(34-3)11-9-18)12-14-29(15-13-26)25(33)20-6-4-5-7-21(20)27/h4-11,17,22H,12-16H2,1-3H3,(H,28,31). The summed E-state index contributed by atoms with van der Waals surface area (Å²) in [5.74, 6) is -0.982. The van der Waals surface area contributed by atoms with Crippen LogP contribution in [-0.4, -0.2) is 72.1 Å². The molecule has 186 valence electrons. The second-order valence-corrected chi connectivity index (χ2v) is 9.11. The highest BCUT2D eigenvalue weighted by molar-refractivity contribution is 5.99. The number of carbonyl (C=O) groups is 3. The van der Waals surface area contributed by atoms with Gasteiger partial charge in [-0.25, -0.2) is 4.39 Å². The van der Waals surface area contributed by atoms with Gasteiger partial charge in [0.05, 0.1) is 19.3 Å². The van der Waals surface area contributed by atoms with Crippen LogP contribution in [0.1, 0.15) is 47.4 Å². The van der Waals surface area contributed by atoms with Crippen LogP contribution in [0.3, 0.4) is 0 Å². The van der Waals surface area contributed by atoms with Gasteiger partial charge in [-0.2, -0.15) is 0 Å². The summed E-state index contributed by atoms with van der Waals surface area (Å²) in [6.45, 7) is 4.29. The van der Waals surface area contributed by atoms with Gasteiger partial charge < -0.3 is 19.7 Å². The molecule has 2 heterocycles. The van der Waals surface area contributed by atoms with Gasteiger partial charge in [-0.05, 0) is 50.2 Å². The van der Waals surface area contributed by atoms with Crippen molar-refractivity contribution in [1.29, 1.82) is 0 Å². The normalized spacial score (nSPS) is 19.2. The Hall–Kier alpha value is -3.46. The number of hydrogen-bond donors (Lipinski definition) is 1. The van der Waals surface area contributed by atoms with Gasteiger partial charge in [-0.15, -0.1) is 0 Å². The lowest BCUT2D eigenvalue weighted by Crippen LogP contribution is -2.60. The third-order valence-electron chi connectivity index (χ3n) is 6.49. The fraction of sp³-hybridized carbons (Fsp3) is 0.423. The number of piperidine rings is 1. The zero-order valence-electron chi connectivity index (χ0n) is 20.1. The highest BCUT2D eigenvalue weighted by Gasteiger charge is 2.54. The van der Waals surface area contributed by atoms with Crippen LogP contribution in [0.25, 0.3) is 0 Å². The highest BCUT2D eigenvalue weighted by atomic mass is 19.1. The number of nitrogens with zero attached hydrogens (tertiary/aromatic N) is 2. The summed E-state index contributed by atoms with van der Waals surface area (Å²) >= 11 is 0. The van der Waals surface area contributed by atoms with Crippen LogP contribution < -0.4 is 10.1 Å². The van der Waals surface area contributed by atoms with Crippen LogP contribution in [0.4, 0.5) is 4.39 Å². The molecule has 2 aliphatic heterocycles. The number of amides is 3. The number of halogens is 1. The average molecular weight is 484 g/mol. The third-order valence-corrected chi connectivity index (χ3v) is 6.49. The molecule has 0 saturated carbocycles. The Labute approximate surface area is 204 Å². The zero-order valence-corrected chi connectivity index (χ0v) is 20.1. The van der Waals surface area contributed by atoms with Crippen molar-refractivity contribution in [2.45, 2.75) is 44.5 Å². The summed E-state index contributed by atoms with van der Waals surface area (Å²) in [7, 11) is 1.54. The number of benzene rings is 2. The van der Waals surface area contributed by atoms with E-state index in [1.165, 1.54) is 23.1 Å². The Kier molecular flexibility index (Phi) is 7.07. The minimum atomic E-state index is -1.04. The van der Waals surface area contributed by atoms with E-state index >= 15 is 0 Å². The van der Waals surface area contributed by atoms with Gasteiger partial charge in [0.1, 0.15) is 23.3 Å². The molecule has 0 aliphatic carbocycles. The molecule has 8 nitrogen and oxygen atoms in total. The van der Waals surface area contributed by atoms with E-state index in [9.17, 15) is 18.8 Å². The Bertz CT molecular complexity index is 1100. The van der Waals surface area contributed by atoms with Crippen LogP contribution >= 0.6 is 0 Å². The van der Waals surface area contributed by atoms with Gasteiger partial charge in [0, 0.05) is 37.5 Å². The summed E-state index contributed by atoms with van der Waals surface area (Å²) in [5, 5.41) is 2.88. The first-order valence-electron chi connectivity index (χ1n) is 11.7. The van der Waals surface area contributed by atoms with Gasteiger partial charge in [0.2, 0.25) is 5.91 Å². The zero-order chi connectivity index (χ0) is 25.2. The maximum Gasteiger partial charge on any atom is 0.256 e. The van der Waals surface area contributed by atoms with Crippen LogP contribution in [0.15, 0.2) is 48.5 Å². The van der Waals surface area contributed by atoms with Crippen molar-refractivity contribution in [3.63, 3.8) is 0 Å². The van der Waals surface area contributed by atoms with E-state index in [1.807, 2.05) is 13.8 Å². The van der Waals surface area contributed by atoms with Gasteiger partial charge in [0.25, 0.3) is 11.8 Å². The first-order chi connectivity index (χ1) is 16.8. The summed E-state index contributed by atoms with van der Waals surface area (Å²) in [6, 6.07) is 11.7. The number of hydrogen-bond acceptors (Lipinski definition) is 5. The molecule has 2 aromatic carbocycles. The Morgan fingerprint density at radius 1 is 1.06 bits per heavy atom. The van der Waals surface area contributed by atoms with E-state index in [2.05, 4.69) is 5.32 Å². The fourth-order valence-corrected chi connectivity index (χ4v) is 4.68. The van der Waals surface area contributed by atoms with Crippen molar-refractivity contribution in [1.82, 2.24) is 15.1 Å². The molecule has 0 aromatic heterocycles. The molecule has 1 unspecified atom stereocenters. The van der Waals surface area contributed by atoms with Crippen molar-refractivity contribution >= 4 is 17.7 Å². The van der Waals surface area contributed by atoms with Crippen molar-refractivity contribution < 1.29 is 28.2 Å². The molecule has 0 bridgehead atoms. The maximum atomic E-state index is 14.2. The Morgan fingerprint density at radius 3 is 2.31 bits per heavy atom. The molecule has 0 radical (unpaired) electrons. The molecule has 2 aliphatic rings. The average Bonchev–Trinajstić information content (AvgIpc) is 3.22. The quantitative estimate of drug-likeness (QED) is 0.707. The minimum Gasteiger partial charge on any atom is -0.497 e. The van der Waals surface area contributed by atoms with Gasteiger partial charge in [-0.3, -0.25) is 19.3 Å². The molecular weight excluding hydrogens is 453 g/mol. The monoisotopic (exact) mass is 483 g/mol. The first-order valence-corrected chi connectivity index (χ1v) is 11.7. The summed E-state index contributed by atoms with van der Waals surface area (Å²) in [5.41, 5.74) is -0.624. The topological polar surface area (TPSA) is 88.2 Å². The van der Waals surface area contributed by atoms with Crippen LogP contribution in [-0.2, 0) is 9.53 Å². The molecule has 2 saturated heterocycles. The van der Waals surface area contributed by atoms with Gasteiger partial charge in [0.15, 0.2) is 0 Å². The maximum absolute atomic E-state index is 14.2. The lowest BCUT2D eigenvalue weighted by atomic mass is 9.96. The molecule has 9 heteroatoms. The SMILES string of the molecule is COc1ccc(C(=O)N2C(C(=O)NC(C)C)COC23CCN(C(=O)c2ccccc2F)CC3)cc1. The minimum absolute atomic E-state index is 0.0103. The van der Waals surface area contributed by atoms with Crippen molar-refractivity contribution in [2.75, 3.05) is 26.8 Å². The highest BCUT2D eigenvalue weighted by Crippen LogP contribution is 2.39. The summed E-state index contributed by atoms with van der Waals surface area (Å²) < 4.78 is 25.5. The van der Waals surface area contributed by atoms with Crippen LogP contribution in [0.2, 0.25) is 0 Å². The molecule has 2 fully saturated rings.